The molecule has 3 rings (SSSR count). The Morgan fingerprint density at radius 3 is 2.56 bits per heavy atom. The number of carboxylic acids is 1. The number of benzene rings is 2. The molecule has 0 spiro atoms. The lowest BCUT2D eigenvalue weighted by Gasteiger charge is -2.12. The predicted molar refractivity (Wildman–Crippen MR) is 136 cm³/mol. The molecule has 176 valence electrons. The SMILES string of the molecule is C=C(/C=C\C)c1nc2ccc(C(=O)NCc3ccc(Cl)cc3)cc2nc1CCCC(C)C(=O)O. The van der Waals surface area contributed by atoms with Crippen molar-refractivity contribution in [3.8, 4) is 0 Å². The molecule has 0 aliphatic heterocycles. The molecule has 0 saturated carbocycles. The van der Waals surface area contributed by atoms with Crippen molar-refractivity contribution in [1.29, 1.82) is 0 Å². The second kappa shape index (κ2) is 11.6. The molecule has 1 aromatic heterocycles. The first-order valence-corrected chi connectivity index (χ1v) is 11.5. The number of nitrogens with one attached hydrogen (secondary N) is 1. The van der Waals surface area contributed by atoms with Gasteiger partial charge in [-0.05, 0) is 67.7 Å². The van der Waals surface area contributed by atoms with Crippen molar-refractivity contribution in [1.82, 2.24) is 15.3 Å². The van der Waals surface area contributed by atoms with Gasteiger partial charge in [-0.2, -0.15) is 0 Å². The van der Waals surface area contributed by atoms with Crippen LogP contribution in [0.15, 0.2) is 61.2 Å². The fourth-order valence-electron chi connectivity index (χ4n) is 3.53. The quantitative estimate of drug-likeness (QED) is 0.357. The normalized spacial score (nSPS) is 12.1. The van der Waals surface area contributed by atoms with Crippen molar-refractivity contribution in [2.75, 3.05) is 0 Å². The van der Waals surface area contributed by atoms with E-state index < -0.39 is 11.9 Å². The minimum absolute atomic E-state index is 0.210. The number of fused-ring (bicyclic) bond motifs is 1. The van der Waals surface area contributed by atoms with Crippen LogP contribution in [0.2, 0.25) is 5.02 Å². The Labute approximate surface area is 204 Å². The van der Waals surface area contributed by atoms with Crippen LogP contribution in [0.25, 0.3) is 16.6 Å². The molecular weight excluding hydrogens is 450 g/mol. The molecular formula is C27H28ClN3O3. The molecule has 6 nitrogen and oxygen atoms in total. The minimum atomic E-state index is -0.808. The molecule has 0 aliphatic carbocycles. The molecule has 2 aromatic carbocycles. The molecule has 0 bridgehead atoms. The smallest absolute Gasteiger partial charge is 0.306 e. The molecule has 34 heavy (non-hydrogen) atoms. The summed E-state index contributed by atoms with van der Waals surface area (Å²) in [5.41, 5.74) is 4.88. The summed E-state index contributed by atoms with van der Waals surface area (Å²) in [5.74, 6) is -1.44. The van der Waals surface area contributed by atoms with Gasteiger partial charge in [-0.3, -0.25) is 9.59 Å². The van der Waals surface area contributed by atoms with Crippen molar-refractivity contribution < 1.29 is 14.7 Å². The average Bonchev–Trinajstić information content (AvgIpc) is 2.82. The van der Waals surface area contributed by atoms with Crippen LogP contribution in [0.3, 0.4) is 0 Å². The third kappa shape index (κ3) is 6.51. The van der Waals surface area contributed by atoms with E-state index >= 15 is 0 Å². The standard InChI is InChI=1S/C27H28ClN3O3/c1-4-6-17(2)25-23(8-5-7-18(3)27(33)34)30-24-15-20(11-14-22(24)31-25)26(32)29-16-19-9-12-21(28)13-10-19/h4,6,9-15,18H,2,5,7-8,16H2,1,3H3,(H,29,32)(H,33,34)/b6-4-. The summed E-state index contributed by atoms with van der Waals surface area (Å²) in [6, 6.07) is 12.5. The average molecular weight is 478 g/mol. The Morgan fingerprint density at radius 1 is 1.15 bits per heavy atom. The van der Waals surface area contributed by atoms with E-state index in [9.17, 15) is 9.59 Å². The van der Waals surface area contributed by atoms with Gasteiger partial charge in [-0.15, -0.1) is 0 Å². The summed E-state index contributed by atoms with van der Waals surface area (Å²) >= 11 is 5.91. The molecule has 1 heterocycles. The van der Waals surface area contributed by atoms with Crippen LogP contribution in [-0.4, -0.2) is 27.0 Å². The zero-order chi connectivity index (χ0) is 24.7. The van der Waals surface area contributed by atoms with Crippen molar-refractivity contribution in [3.05, 3.63) is 88.7 Å². The van der Waals surface area contributed by atoms with E-state index in [-0.39, 0.29) is 5.91 Å². The monoisotopic (exact) mass is 477 g/mol. The largest absolute Gasteiger partial charge is 0.481 e. The van der Waals surface area contributed by atoms with Gasteiger partial charge in [-0.25, -0.2) is 9.97 Å². The molecule has 1 atom stereocenters. The van der Waals surface area contributed by atoms with E-state index in [1.165, 1.54) is 0 Å². The first-order chi connectivity index (χ1) is 16.3. The number of aliphatic carboxylic acids is 1. The molecule has 0 fully saturated rings. The van der Waals surface area contributed by atoms with Gasteiger partial charge >= 0.3 is 5.97 Å². The second-order valence-corrected chi connectivity index (χ2v) is 8.62. The maximum Gasteiger partial charge on any atom is 0.306 e. The summed E-state index contributed by atoms with van der Waals surface area (Å²) in [5, 5.41) is 12.7. The molecule has 2 N–H and O–H groups in total. The van der Waals surface area contributed by atoms with E-state index in [4.69, 9.17) is 26.7 Å². The Morgan fingerprint density at radius 2 is 1.88 bits per heavy atom. The van der Waals surface area contributed by atoms with E-state index in [2.05, 4.69) is 11.9 Å². The number of aromatic nitrogens is 2. The maximum atomic E-state index is 12.7. The Balaban J connectivity index is 1.84. The fourth-order valence-corrected chi connectivity index (χ4v) is 3.66. The Kier molecular flexibility index (Phi) is 8.55. The third-order valence-corrected chi connectivity index (χ3v) is 5.76. The number of hydrogen-bond acceptors (Lipinski definition) is 4. The number of halogens is 1. The topological polar surface area (TPSA) is 92.2 Å². The molecule has 7 heteroatoms. The van der Waals surface area contributed by atoms with Gasteiger partial charge in [0.05, 0.1) is 28.3 Å². The number of hydrogen-bond donors (Lipinski definition) is 2. The number of amides is 1. The summed E-state index contributed by atoms with van der Waals surface area (Å²) < 4.78 is 0. The first kappa shape index (κ1) is 25.1. The van der Waals surface area contributed by atoms with Crippen LogP contribution < -0.4 is 5.32 Å². The third-order valence-electron chi connectivity index (χ3n) is 5.51. The van der Waals surface area contributed by atoms with Gasteiger partial charge in [0.2, 0.25) is 0 Å². The van der Waals surface area contributed by atoms with Gasteiger partial charge < -0.3 is 10.4 Å². The lowest BCUT2D eigenvalue weighted by Crippen LogP contribution is -2.22. The predicted octanol–water partition coefficient (Wildman–Crippen LogP) is 5.85. The van der Waals surface area contributed by atoms with Crippen molar-refractivity contribution in [3.63, 3.8) is 0 Å². The van der Waals surface area contributed by atoms with Gasteiger partial charge in [-0.1, -0.05) is 49.4 Å². The molecule has 0 radical (unpaired) electrons. The highest BCUT2D eigenvalue weighted by Gasteiger charge is 2.15. The fraction of sp³-hybridized carbons (Fsp3) is 0.259. The number of nitrogens with zero attached hydrogens (tertiary/aromatic N) is 2. The zero-order valence-electron chi connectivity index (χ0n) is 19.3. The number of aryl methyl sites for hydroxylation is 1. The van der Waals surface area contributed by atoms with Gasteiger partial charge in [0.15, 0.2) is 0 Å². The van der Waals surface area contributed by atoms with Crippen LogP contribution in [0.1, 0.15) is 54.0 Å². The first-order valence-electron chi connectivity index (χ1n) is 11.2. The van der Waals surface area contributed by atoms with E-state index in [0.717, 1.165) is 16.8 Å². The zero-order valence-corrected chi connectivity index (χ0v) is 20.1. The summed E-state index contributed by atoms with van der Waals surface area (Å²) in [6.45, 7) is 8.09. The van der Waals surface area contributed by atoms with E-state index in [1.807, 2.05) is 31.2 Å². The Bertz CT molecular complexity index is 1240. The van der Waals surface area contributed by atoms with Crippen LogP contribution in [0.5, 0.6) is 0 Å². The highest BCUT2D eigenvalue weighted by atomic mass is 35.5. The minimum Gasteiger partial charge on any atom is -0.481 e. The van der Waals surface area contributed by atoms with Gasteiger partial charge in [0.1, 0.15) is 0 Å². The summed E-state index contributed by atoms with van der Waals surface area (Å²) in [4.78, 5) is 33.4. The number of carboxylic acid groups (broad SMARTS) is 1. The number of carbonyl (C=O) groups is 2. The van der Waals surface area contributed by atoms with Gasteiger partial charge in [0, 0.05) is 17.1 Å². The van der Waals surface area contributed by atoms with Crippen molar-refractivity contribution in [2.45, 2.75) is 39.7 Å². The van der Waals surface area contributed by atoms with Crippen molar-refractivity contribution >= 4 is 40.1 Å². The summed E-state index contributed by atoms with van der Waals surface area (Å²) in [6.07, 6.45) is 5.53. The molecule has 0 saturated heterocycles. The maximum absolute atomic E-state index is 12.7. The van der Waals surface area contributed by atoms with E-state index in [1.54, 1.807) is 37.3 Å². The lowest BCUT2D eigenvalue weighted by atomic mass is 10.0. The van der Waals surface area contributed by atoms with E-state index in [0.29, 0.717) is 53.1 Å². The number of rotatable bonds is 10. The summed E-state index contributed by atoms with van der Waals surface area (Å²) in [7, 11) is 0. The highest BCUT2D eigenvalue weighted by molar-refractivity contribution is 6.30. The van der Waals surface area contributed by atoms with Crippen LogP contribution in [0.4, 0.5) is 0 Å². The second-order valence-electron chi connectivity index (χ2n) is 8.19. The van der Waals surface area contributed by atoms with Crippen LogP contribution in [0, 0.1) is 5.92 Å². The molecule has 0 aliphatic rings. The lowest BCUT2D eigenvalue weighted by molar-refractivity contribution is -0.141. The highest BCUT2D eigenvalue weighted by Crippen LogP contribution is 2.23. The van der Waals surface area contributed by atoms with Gasteiger partial charge in [0.25, 0.3) is 5.91 Å². The van der Waals surface area contributed by atoms with Crippen molar-refractivity contribution in [2.24, 2.45) is 5.92 Å². The van der Waals surface area contributed by atoms with Crippen LogP contribution >= 0.6 is 11.6 Å². The molecule has 3 aromatic rings. The number of carbonyl (C=O) groups excluding carboxylic acids is 1. The molecule has 1 amide bonds. The molecule has 1 unspecified atom stereocenters. The Hall–Kier alpha value is -3.51. The van der Waals surface area contributed by atoms with Crippen LogP contribution in [-0.2, 0) is 17.8 Å². The number of allylic oxidation sites excluding steroid dienone is 3.